The van der Waals surface area contributed by atoms with Gasteiger partial charge in [-0.05, 0) is 57.7 Å². The minimum absolute atomic E-state index is 0.229. The van der Waals surface area contributed by atoms with Gasteiger partial charge < -0.3 is 14.5 Å². The number of amides is 1. The highest BCUT2D eigenvalue weighted by atomic mass is 19.1. The van der Waals surface area contributed by atoms with Gasteiger partial charge in [0.05, 0.1) is 5.69 Å². The second-order valence-corrected chi connectivity index (χ2v) is 9.03. The van der Waals surface area contributed by atoms with Gasteiger partial charge in [0.2, 0.25) is 0 Å². The summed E-state index contributed by atoms with van der Waals surface area (Å²) in [6, 6.07) is 4.68. The van der Waals surface area contributed by atoms with Gasteiger partial charge in [0.25, 0.3) is 0 Å². The Bertz CT molecular complexity index is 719. The van der Waals surface area contributed by atoms with Crippen LogP contribution >= 0.6 is 0 Å². The Labute approximate surface area is 172 Å². The van der Waals surface area contributed by atoms with Gasteiger partial charge in [0, 0.05) is 51.4 Å². The van der Waals surface area contributed by atoms with Gasteiger partial charge in [-0.2, -0.15) is 0 Å². The molecule has 1 aromatic rings. The Morgan fingerprint density at radius 1 is 1.14 bits per heavy atom. The van der Waals surface area contributed by atoms with E-state index in [1.807, 2.05) is 20.8 Å². The van der Waals surface area contributed by atoms with E-state index in [-0.39, 0.29) is 11.9 Å². The molecular weight excluding hydrogens is 373 g/mol. The smallest absolute Gasteiger partial charge is 0.410 e. The average molecular weight is 406 g/mol. The molecule has 3 rings (SSSR count). The number of hydrogen-bond donors (Lipinski definition) is 0. The highest BCUT2D eigenvalue weighted by Crippen LogP contribution is 2.27. The molecule has 2 fully saturated rings. The van der Waals surface area contributed by atoms with Crippen LogP contribution in [0.4, 0.5) is 14.9 Å². The van der Waals surface area contributed by atoms with Crippen LogP contribution in [0.5, 0.6) is 0 Å². The van der Waals surface area contributed by atoms with E-state index in [9.17, 15) is 14.0 Å². The van der Waals surface area contributed by atoms with Gasteiger partial charge in [0.15, 0.2) is 0 Å². The third kappa shape index (κ3) is 5.92. The maximum Gasteiger partial charge on any atom is 0.410 e. The molecule has 29 heavy (non-hydrogen) atoms. The van der Waals surface area contributed by atoms with Crippen LogP contribution in [0.3, 0.4) is 0 Å². The van der Waals surface area contributed by atoms with Crippen LogP contribution in [0.2, 0.25) is 0 Å². The van der Waals surface area contributed by atoms with Gasteiger partial charge >= 0.3 is 6.09 Å². The number of carbonyl (C=O) groups is 2. The van der Waals surface area contributed by atoms with Crippen LogP contribution in [-0.4, -0.2) is 73.6 Å². The molecule has 0 N–H and O–H groups in total. The minimum Gasteiger partial charge on any atom is -0.444 e. The molecule has 0 bridgehead atoms. The number of anilines is 1. The second-order valence-electron chi connectivity index (χ2n) is 9.03. The monoisotopic (exact) mass is 405 g/mol. The van der Waals surface area contributed by atoms with Crippen LogP contribution in [-0.2, 0) is 4.74 Å². The largest absolute Gasteiger partial charge is 0.444 e. The summed E-state index contributed by atoms with van der Waals surface area (Å²) in [6.45, 7) is 11.4. The average Bonchev–Trinajstić information content (AvgIpc) is 2.68. The molecule has 0 atom stereocenters. The van der Waals surface area contributed by atoms with Crippen molar-refractivity contribution in [2.75, 3.05) is 50.7 Å². The van der Waals surface area contributed by atoms with E-state index in [4.69, 9.17) is 4.74 Å². The molecule has 7 heteroatoms. The number of nitrogens with zero attached hydrogens (tertiary/aromatic N) is 3. The Hall–Kier alpha value is -2.15. The van der Waals surface area contributed by atoms with Crippen molar-refractivity contribution in [3.8, 4) is 0 Å². The van der Waals surface area contributed by atoms with Crippen molar-refractivity contribution in [2.24, 2.45) is 5.92 Å². The Morgan fingerprint density at radius 2 is 1.79 bits per heavy atom. The number of benzene rings is 1. The van der Waals surface area contributed by atoms with E-state index < -0.39 is 5.60 Å². The summed E-state index contributed by atoms with van der Waals surface area (Å²) >= 11 is 0. The zero-order valence-electron chi connectivity index (χ0n) is 17.7. The van der Waals surface area contributed by atoms with Crippen molar-refractivity contribution in [1.29, 1.82) is 0 Å². The van der Waals surface area contributed by atoms with E-state index in [1.54, 1.807) is 17.0 Å². The van der Waals surface area contributed by atoms with E-state index in [0.717, 1.165) is 45.6 Å². The number of piperidine rings is 1. The van der Waals surface area contributed by atoms with Gasteiger partial charge in [-0.3, -0.25) is 9.69 Å². The Kier molecular flexibility index (Phi) is 6.77. The molecule has 0 aromatic heterocycles. The second kappa shape index (κ2) is 9.11. The van der Waals surface area contributed by atoms with Crippen molar-refractivity contribution in [3.63, 3.8) is 0 Å². The fourth-order valence-electron chi connectivity index (χ4n) is 4.01. The standard InChI is InChI=1S/C22H32FN3O3/c1-22(2,3)29-21(28)26-12-10-24(11-13-26)15-17-6-8-25(9-7-17)20-5-4-18(16-27)14-19(20)23/h4-5,14,16-17H,6-13,15H2,1-3H3. The highest BCUT2D eigenvalue weighted by Gasteiger charge is 2.28. The van der Waals surface area contributed by atoms with Crippen molar-refractivity contribution in [3.05, 3.63) is 29.6 Å². The van der Waals surface area contributed by atoms with Crippen LogP contribution in [0, 0.1) is 11.7 Å². The SMILES string of the molecule is CC(C)(C)OC(=O)N1CCN(CC2CCN(c3ccc(C=O)cc3F)CC2)CC1. The van der Waals surface area contributed by atoms with E-state index in [1.165, 1.54) is 6.07 Å². The highest BCUT2D eigenvalue weighted by molar-refractivity contribution is 5.76. The molecule has 2 aliphatic heterocycles. The van der Waals surface area contributed by atoms with Crippen LogP contribution in [0.1, 0.15) is 44.0 Å². The third-order valence-corrected chi connectivity index (χ3v) is 5.60. The molecule has 2 heterocycles. The summed E-state index contributed by atoms with van der Waals surface area (Å²) in [5.74, 6) is 0.253. The summed E-state index contributed by atoms with van der Waals surface area (Å²) < 4.78 is 19.7. The van der Waals surface area contributed by atoms with Gasteiger partial charge in [-0.25, -0.2) is 9.18 Å². The molecule has 2 aliphatic rings. The third-order valence-electron chi connectivity index (χ3n) is 5.60. The molecule has 2 saturated heterocycles. The van der Waals surface area contributed by atoms with Gasteiger partial charge in [0.1, 0.15) is 17.7 Å². The number of aldehydes is 1. The molecule has 1 amide bonds. The molecule has 6 nitrogen and oxygen atoms in total. The van der Waals surface area contributed by atoms with Gasteiger partial charge in [-0.15, -0.1) is 0 Å². The number of hydrogen-bond acceptors (Lipinski definition) is 5. The van der Waals surface area contributed by atoms with E-state index in [2.05, 4.69) is 9.80 Å². The summed E-state index contributed by atoms with van der Waals surface area (Å²) in [6.07, 6.45) is 2.47. The van der Waals surface area contributed by atoms with Crippen LogP contribution in [0.25, 0.3) is 0 Å². The lowest BCUT2D eigenvalue weighted by Gasteiger charge is -2.39. The fraction of sp³-hybridized carbons (Fsp3) is 0.636. The zero-order chi connectivity index (χ0) is 21.0. The quantitative estimate of drug-likeness (QED) is 0.719. The first kappa shape index (κ1) is 21.6. The topological polar surface area (TPSA) is 53.1 Å². The zero-order valence-corrected chi connectivity index (χ0v) is 17.7. The predicted octanol–water partition coefficient (Wildman–Crippen LogP) is 3.41. The van der Waals surface area contributed by atoms with E-state index >= 15 is 0 Å². The van der Waals surface area contributed by atoms with Gasteiger partial charge in [-0.1, -0.05) is 0 Å². The van der Waals surface area contributed by atoms with Crippen LogP contribution < -0.4 is 4.90 Å². The molecule has 0 saturated carbocycles. The maximum absolute atomic E-state index is 14.2. The van der Waals surface area contributed by atoms with Crippen molar-refractivity contribution in [2.45, 2.75) is 39.2 Å². The summed E-state index contributed by atoms with van der Waals surface area (Å²) in [4.78, 5) is 29.2. The summed E-state index contributed by atoms with van der Waals surface area (Å²) in [5.41, 5.74) is 0.488. The first-order chi connectivity index (χ1) is 13.7. The number of halogens is 1. The fourth-order valence-corrected chi connectivity index (χ4v) is 4.01. The maximum atomic E-state index is 14.2. The number of rotatable bonds is 4. The molecule has 1 aromatic carbocycles. The first-order valence-corrected chi connectivity index (χ1v) is 10.4. The molecule has 0 radical (unpaired) electrons. The number of carbonyl (C=O) groups excluding carboxylic acids is 2. The van der Waals surface area contributed by atoms with Crippen molar-refractivity contribution in [1.82, 2.24) is 9.80 Å². The van der Waals surface area contributed by atoms with Crippen molar-refractivity contribution < 1.29 is 18.7 Å². The lowest BCUT2D eigenvalue weighted by molar-refractivity contribution is 0.0130. The lowest BCUT2D eigenvalue weighted by Crippen LogP contribution is -2.51. The molecule has 0 spiro atoms. The lowest BCUT2D eigenvalue weighted by atomic mass is 9.95. The van der Waals surface area contributed by atoms with Crippen molar-refractivity contribution >= 4 is 18.1 Å². The molecule has 160 valence electrons. The van der Waals surface area contributed by atoms with Crippen LogP contribution in [0.15, 0.2) is 18.2 Å². The summed E-state index contributed by atoms with van der Waals surface area (Å²) in [7, 11) is 0. The summed E-state index contributed by atoms with van der Waals surface area (Å²) in [5, 5.41) is 0. The Balaban J connectivity index is 1.43. The normalized spacial score (nSPS) is 19.3. The molecular formula is C22H32FN3O3. The number of ether oxygens (including phenoxy) is 1. The molecule has 0 aliphatic carbocycles. The Morgan fingerprint density at radius 3 is 2.34 bits per heavy atom. The number of piperazine rings is 1. The molecule has 0 unspecified atom stereocenters. The minimum atomic E-state index is -0.463. The van der Waals surface area contributed by atoms with E-state index in [0.29, 0.717) is 36.5 Å². The predicted molar refractivity (Wildman–Crippen MR) is 111 cm³/mol. The first-order valence-electron chi connectivity index (χ1n) is 10.4.